The van der Waals surface area contributed by atoms with Crippen LogP contribution in [-0.4, -0.2) is 55.1 Å². The van der Waals surface area contributed by atoms with Gasteiger partial charge in [0.1, 0.15) is 0 Å². The van der Waals surface area contributed by atoms with Gasteiger partial charge in [-0.05, 0) is 55.6 Å². The summed E-state index contributed by atoms with van der Waals surface area (Å²) in [5, 5.41) is 6.92. The maximum atomic E-state index is 14.0. The summed E-state index contributed by atoms with van der Waals surface area (Å²) in [5.74, 6) is 0.938. The van der Waals surface area contributed by atoms with E-state index in [4.69, 9.17) is 0 Å². The predicted molar refractivity (Wildman–Crippen MR) is 128 cm³/mol. The summed E-state index contributed by atoms with van der Waals surface area (Å²) >= 11 is 0. The fourth-order valence-corrected chi connectivity index (χ4v) is 4.64. The quantitative estimate of drug-likeness (QED) is 0.534. The van der Waals surface area contributed by atoms with Crippen LogP contribution in [0, 0.1) is 5.82 Å². The molecule has 3 heterocycles. The molecule has 1 unspecified atom stereocenters. The van der Waals surface area contributed by atoms with Gasteiger partial charge in [-0.25, -0.2) is 9.37 Å². The molecule has 2 aliphatic rings. The number of aromatic nitrogens is 1. The van der Waals surface area contributed by atoms with Crippen molar-refractivity contribution in [2.45, 2.75) is 51.2 Å². The number of likely N-dealkylation sites (tertiary alicyclic amines) is 1. The van der Waals surface area contributed by atoms with Crippen molar-refractivity contribution in [2.75, 3.05) is 38.1 Å². The number of nitrogens with zero attached hydrogens (tertiary/aromatic N) is 4. The van der Waals surface area contributed by atoms with Gasteiger partial charge in [0.2, 0.25) is 0 Å². The highest BCUT2D eigenvalue weighted by Gasteiger charge is 2.25. The maximum Gasteiger partial charge on any atom is 0.191 e. The van der Waals surface area contributed by atoms with E-state index >= 15 is 0 Å². The molecule has 1 atom stereocenters. The molecule has 1 aromatic heterocycles. The number of benzene rings is 1. The lowest BCUT2D eigenvalue weighted by Crippen LogP contribution is -2.44. The number of rotatable bonds is 6. The zero-order chi connectivity index (χ0) is 22.2. The van der Waals surface area contributed by atoms with Crippen LogP contribution >= 0.6 is 0 Å². The minimum Gasteiger partial charge on any atom is -0.352 e. The first-order chi connectivity index (χ1) is 15.7. The molecule has 0 bridgehead atoms. The van der Waals surface area contributed by atoms with Gasteiger partial charge in [0, 0.05) is 45.5 Å². The molecule has 0 saturated carbocycles. The van der Waals surface area contributed by atoms with Crippen molar-refractivity contribution in [1.82, 2.24) is 20.5 Å². The van der Waals surface area contributed by atoms with Crippen LogP contribution in [-0.2, 0) is 13.1 Å². The van der Waals surface area contributed by atoms with E-state index in [1.165, 1.54) is 56.0 Å². The Kier molecular flexibility index (Phi) is 7.93. The van der Waals surface area contributed by atoms with E-state index in [2.05, 4.69) is 49.8 Å². The van der Waals surface area contributed by atoms with E-state index < -0.39 is 0 Å². The molecule has 2 aromatic rings. The molecule has 0 amide bonds. The summed E-state index contributed by atoms with van der Waals surface area (Å²) in [6.07, 6.45) is 7.91. The number of nitrogens with one attached hydrogen (secondary N) is 2. The fourth-order valence-electron chi connectivity index (χ4n) is 4.64. The van der Waals surface area contributed by atoms with Crippen molar-refractivity contribution < 1.29 is 4.39 Å². The van der Waals surface area contributed by atoms with Crippen LogP contribution in [0.1, 0.15) is 43.2 Å². The lowest BCUT2D eigenvalue weighted by atomic mass is 10.1. The molecular weight excluding hydrogens is 403 g/mol. The van der Waals surface area contributed by atoms with Crippen molar-refractivity contribution in [1.29, 1.82) is 0 Å². The lowest BCUT2D eigenvalue weighted by molar-refractivity contribution is 0.277. The van der Waals surface area contributed by atoms with Gasteiger partial charge in [-0.15, -0.1) is 0 Å². The van der Waals surface area contributed by atoms with Crippen molar-refractivity contribution in [3.8, 4) is 0 Å². The average molecular weight is 439 g/mol. The second kappa shape index (κ2) is 11.3. The van der Waals surface area contributed by atoms with Crippen LogP contribution in [0.3, 0.4) is 0 Å². The Morgan fingerprint density at radius 1 is 1.09 bits per heavy atom. The van der Waals surface area contributed by atoms with E-state index in [0.29, 0.717) is 12.4 Å². The summed E-state index contributed by atoms with van der Waals surface area (Å²) < 4.78 is 14.0. The molecule has 6 nitrogen and oxygen atoms in total. The number of guanidine groups is 1. The summed E-state index contributed by atoms with van der Waals surface area (Å²) in [7, 11) is 1.79. The minimum absolute atomic E-state index is 0.206. The third-order valence-electron chi connectivity index (χ3n) is 6.35. The number of halogens is 1. The smallest absolute Gasteiger partial charge is 0.191 e. The van der Waals surface area contributed by atoms with Gasteiger partial charge >= 0.3 is 0 Å². The Morgan fingerprint density at radius 2 is 1.91 bits per heavy atom. The molecule has 2 fully saturated rings. The minimum atomic E-state index is -0.268. The number of anilines is 1. The van der Waals surface area contributed by atoms with E-state index in [0.717, 1.165) is 32.0 Å². The summed E-state index contributed by atoms with van der Waals surface area (Å²) in [4.78, 5) is 13.2. The largest absolute Gasteiger partial charge is 0.352 e. The average Bonchev–Trinajstić information content (AvgIpc) is 3.12. The first-order valence-electron chi connectivity index (χ1n) is 11.8. The predicted octanol–water partition coefficient (Wildman–Crippen LogP) is 3.54. The fraction of sp³-hybridized carbons (Fsp3) is 0.520. The molecule has 32 heavy (non-hydrogen) atoms. The number of pyridine rings is 1. The Labute approximate surface area is 190 Å². The van der Waals surface area contributed by atoms with Crippen molar-refractivity contribution >= 4 is 11.8 Å². The van der Waals surface area contributed by atoms with E-state index in [1.807, 2.05) is 4.90 Å². The Bertz CT molecular complexity index is 894. The molecule has 7 heteroatoms. The van der Waals surface area contributed by atoms with Crippen LogP contribution in [0.5, 0.6) is 0 Å². The Morgan fingerprint density at radius 3 is 2.69 bits per heavy atom. The molecule has 0 radical (unpaired) electrons. The van der Waals surface area contributed by atoms with E-state index in [-0.39, 0.29) is 11.9 Å². The first-order valence-corrected chi connectivity index (χ1v) is 11.8. The van der Waals surface area contributed by atoms with Crippen LogP contribution in [0.25, 0.3) is 0 Å². The van der Waals surface area contributed by atoms with Crippen LogP contribution in [0.2, 0.25) is 0 Å². The monoisotopic (exact) mass is 438 g/mol. The van der Waals surface area contributed by atoms with E-state index in [9.17, 15) is 4.39 Å². The standard InChI is InChI=1S/C25H35FN6/c1-27-25(30-22-11-15-32(19-22)24-23(26)10-7-12-28-24)29-17-20-8-6-9-21(16-20)18-31-13-4-2-3-5-14-31/h6-10,12,16,22H,2-5,11,13-15,17-19H2,1H3,(H2,27,29,30). The molecule has 0 spiro atoms. The third-order valence-corrected chi connectivity index (χ3v) is 6.35. The Hall–Kier alpha value is -2.67. The SMILES string of the molecule is CN=C(NCc1cccc(CN2CCCCCC2)c1)NC1CCN(c2ncccc2F)C1. The molecule has 2 N–H and O–H groups in total. The highest BCUT2D eigenvalue weighted by Crippen LogP contribution is 2.20. The zero-order valence-electron chi connectivity index (χ0n) is 19.1. The van der Waals surface area contributed by atoms with Crippen LogP contribution in [0.4, 0.5) is 10.2 Å². The lowest BCUT2D eigenvalue weighted by Gasteiger charge is -2.21. The van der Waals surface area contributed by atoms with Gasteiger partial charge < -0.3 is 15.5 Å². The van der Waals surface area contributed by atoms with Gasteiger partial charge in [-0.1, -0.05) is 37.1 Å². The molecule has 172 valence electrons. The van der Waals surface area contributed by atoms with Gasteiger partial charge in [0.15, 0.2) is 17.6 Å². The highest BCUT2D eigenvalue weighted by atomic mass is 19.1. The molecule has 2 aliphatic heterocycles. The second-order valence-electron chi connectivity index (χ2n) is 8.82. The first kappa shape index (κ1) is 22.5. The molecular formula is C25H35FN6. The number of hydrogen-bond acceptors (Lipinski definition) is 4. The maximum absolute atomic E-state index is 14.0. The van der Waals surface area contributed by atoms with Crippen LogP contribution in [0.15, 0.2) is 47.6 Å². The highest BCUT2D eigenvalue weighted by molar-refractivity contribution is 5.80. The third kappa shape index (κ3) is 6.19. The number of hydrogen-bond donors (Lipinski definition) is 2. The molecule has 4 rings (SSSR count). The zero-order valence-corrected chi connectivity index (χ0v) is 19.1. The summed E-state index contributed by atoms with van der Waals surface area (Å²) in [6, 6.07) is 12.1. The van der Waals surface area contributed by atoms with Gasteiger partial charge in [-0.2, -0.15) is 0 Å². The molecule has 0 aliphatic carbocycles. The van der Waals surface area contributed by atoms with Gasteiger partial charge in [-0.3, -0.25) is 9.89 Å². The van der Waals surface area contributed by atoms with Crippen molar-refractivity contribution in [3.05, 3.63) is 59.5 Å². The van der Waals surface area contributed by atoms with Gasteiger partial charge in [0.05, 0.1) is 0 Å². The van der Waals surface area contributed by atoms with E-state index in [1.54, 1.807) is 19.3 Å². The van der Waals surface area contributed by atoms with Crippen molar-refractivity contribution in [2.24, 2.45) is 4.99 Å². The Balaban J connectivity index is 1.27. The van der Waals surface area contributed by atoms with Gasteiger partial charge in [0.25, 0.3) is 0 Å². The normalized spacial score (nSPS) is 20.2. The topological polar surface area (TPSA) is 55.8 Å². The van der Waals surface area contributed by atoms with Crippen molar-refractivity contribution in [3.63, 3.8) is 0 Å². The van der Waals surface area contributed by atoms with Crippen LogP contribution < -0.4 is 15.5 Å². The second-order valence-corrected chi connectivity index (χ2v) is 8.82. The summed E-state index contributed by atoms with van der Waals surface area (Å²) in [6.45, 7) is 5.66. The number of aliphatic imine (C=N–C) groups is 1. The molecule has 1 aromatic carbocycles. The molecule has 2 saturated heterocycles. The summed E-state index contributed by atoms with van der Waals surface area (Å²) in [5.41, 5.74) is 2.63.